The van der Waals surface area contributed by atoms with Crippen LogP contribution in [0.3, 0.4) is 0 Å². The fourth-order valence-corrected chi connectivity index (χ4v) is 4.34. The zero-order valence-electron chi connectivity index (χ0n) is 13.0. The molecule has 2 aromatic carbocycles. The van der Waals surface area contributed by atoms with Crippen LogP contribution in [0.2, 0.25) is 0 Å². The number of nitrogens with one attached hydrogen (secondary N) is 1. The van der Waals surface area contributed by atoms with Crippen molar-refractivity contribution in [3.8, 4) is 0 Å². The maximum Gasteiger partial charge on any atom is 0.270 e. The molecule has 0 bridgehead atoms. The van der Waals surface area contributed by atoms with E-state index in [0.29, 0.717) is 12.2 Å². The summed E-state index contributed by atoms with van der Waals surface area (Å²) in [7, 11) is -3.90. The minimum atomic E-state index is -3.90. The molecule has 126 valence electrons. The van der Waals surface area contributed by atoms with Gasteiger partial charge in [0.15, 0.2) is 0 Å². The van der Waals surface area contributed by atoms with Gasteiger partial charge in [0.1, 0.15) is 0 Å². The SMILES string of the molecule is CC1CN(S(=O)(=O)c2cccc([N+](=O)[O-])c2)c2ccccc2CN1. The first-order valence-electron chi connectivity index (χ1n) is 7.48. The number of hydrogen-bond donors (Lipinski definition) is 1. The van der Waals surface area contributed by atoms with E-state index in [0.717, 1.165) is 11.6 Å². The Morgan fingerprint density at radius 2 is 1.96 bits per heavy atom. The third kappa shape index (κ3) is 2.98. The smallest absolute Gasteiger partial charge is 0.270 e. The lowest BCUT2D eigenvalue weighted by Crippen LogP contribution is -2.39. The highest BCUT2D eigenvalue weighted by Gasteiger charge is 2.30. The number of anilines is 1. The summed E-state index contributed by atoms with van der Waals surface area (Å²) in [6, 6.07) is 12.4. The number of non-ortho nitro benzene ring substituents is 1. The van der Waals surface area contributed by atoms with Crippen LogP contribution < -0.4 is 9.62 Å². The number of para-hydroxylation sites is 1. The van der Waals surface area contributed by atoms with E-state index in [1.807, 2.05) is 19.1 Å². The highest BCUT2D eigenvalue weighted by molar-refractivity contribution is 7.92. The highest BCUT2D eigenvalue weighted by Crippen LogP contribution is 2.30. The summed E-state index contributed by atoms with van der Waals surface area (Å²) < 4.78 is 27.5. The standard InChI is InChI=1S/C16H17N3O4S/c1-12-11-18(16-8-3-2-5-13(16)10-17-12)24(22,23)15-7-4-6-14(9-15)19(20)21/h2-9,12,17H,10-11H2,1H3. The van der Waals surface area contributed by atoms with Crippen molar-refractivity contribution < 1.29 is 13.3 Å². The first kappa shape index (κ1) is 16.4. The van der Waals surface area contributed by atoms with Gasteiger partial charge in [0.05, 0.1) is 15.5 Å². The van der Waals surface area contributed by atoms with Crippen molar-refractivity contribution in [1.82, 2.24) is 5.32 Å². The number of nitro benzene ring substituents is 1. The molecular weight excluding hydrogens is 330 g/mol. The number of benzene rings is 2. The molecule has 0 saturated heterocycles. The zero-order valence-corrected chi connectivity index (χ0v) is 13.9. The van der Waals surface area contributed by atoms with Crippen molar-refractivity contribution in [2.24, 2.45) is 0 Å². The first-order valence-corrected chi connectivity index (χ1v) is 8.92. The molecule has 0 aromatic heterocycles. The van der Waals surface area contributed by atoms with Gasteiger partial charge in [-0.15, -0.1) is 0 Å². The van der Waals surface area contributed by atoms with Crippen LogP contribution in [0.1, 0.15) is 12.5 Å². The molecule has 0 amide bonds. The summed E-state index contributed by atoms with van der Waals surface area (Å²) in [6.45, 7) is 2.72. The van der Waals surface area contributed by atoms with Crippen molar-refractivity contribution in [3.05, 3.63) is 64.2 Å². The summed E-state index contributed by atoms with van der Waals surface area (Å²) in [5.74, 6) is 0. The normalized spacial score (nSPS) is 17.9. The third-order valence-corrected chi connectivity index (χ3v) is 5.73. The molecule has 3 rings (SSSR count). The summed E-state index contributed by atoms with van der Waals surface area (Å²) >= 11 is 0. The van der Waals surface area contributed by atoms with E-state index in [1.165, 1.54) is 22.5 Å². The lowest BCUT2D eigenvalue weighted by atomic mass is 10.2. The molecule has 0 spiro atoms. The predicted octanol–water partition coefficient (Wildman–Crippen LogP) is 2.28. The van der Waals surface area contributed by atoms with Crippen molar-refractivity contribution >= 4 is 21.4 Å². The molecule has 0 saturated carbocycles. The van der Waals surface area contributed by atoms with Crippen LogP contribution in [0.15, 0.2) is 53.4 Å². The molecule has 7 nitrogen and oxygen atoms in total. The molecule has 2 aromatic rings. The fraction of sp³-hybridized carbons (Fsp3) is 0.250. The molecule has 1 unspecified atom stereocenters. The van der Waals surface area contributed by atoms with E-state index in [1.54, 1.807) is 12.1 Å². The maximum absolute atomic E-state index is 13.1. The Morgan fingerprint density at radius 1 is 1.21 bits per heavy atom. The van der Waals surface area contributed by atoms with E-state index in [2.05, 4.69) is 5.32 Å². The van der Waals surface area contributed by atoms with Gasteiger partial charge in [-0.1, -0.05) is 24.3 Å². The number of rotatable bonds is 3. The van der Waals surface area contributed by atoms with Gasteiger partial charge >= 0.3 is 0 Å². The Balaban J connectivity index is 2.12. The highest BCUT2D eigenvalue weighted by atomic mass is 32.2. The number of sulfonamides is 1. The minimum Gasteiger partial charge on any atom is -0.308 e. The summed E-state index contributed by atoms with van der Waals surface area (Å²) in [4.78, 5) is 10.3. The van der Waals surface area contributed by atoms with E-state index >= 15 is 0 Å². The number of hydrogen-bond acceptors (Lipinski definition) is 5. The zero-order chi connectivity index (χ0) is 17.3. The second kappa shape index (κ2) is 6.21. The third-order valence-electron chi connectivity index (χ3n) is 3.96. The van der Waals surface area contributed by atoms with Crippen LogP contribution in [0.4, 0.5) is 11.4 Å². The second-order valence-corrected chi connectivity index (χ2v) is 7.56. The second-order valence-electron chi connectivity index (χ2n) is 5.70. The van der Waals surface area contributed by atoms with Crippen LogP contribution in [0.25, 0.3) is 0 Å². The van der Waals surface area contributed by atoms with E-state index in [-0.39, 0.29) is 23.2 Å². The van der Waals surface area contributed by atoms with Gasteiger partial charge in [-0.05, 0) is 24.6 Å². The van der Waals surface area contributed by atoms with Crippen molar-refractivity contribution in [3.63, 3.8) is 0 Å². The molecule has 24 heavy (non-hydrogen) atoms. The topological polar surface area (TPSA) is 92.5 Å². The average Bonchev–Trinajstić information content (AvgIpc) is 2.75. The lowest BCUT2D eigenvalue weighted by molar-refractivity contribution is -0.385. The predicted molar refractivity (Wildman–Crippen MR) is 90.4 cm³/mol. The largest absolute Gasteiger partial charge is 0.308 e. The van der Waals surface area contributed by atoms with Crippen LogP contribution in [-0.4, -0.2) is 25.9 Å². The first-order chi connectivity index (χ1) is 11.4. The van der Waals surface area contributed by atoms with Crippen LogP contribution >= 0.6 is 0 Å². The molecule has 1 heterocycles. The quantitative estimate of drug-likeness (QED) is 0.679. The van der Waals surface area contributed by atoms with Crippen molar-refractivity contribution in [2.45, 2.75) is 24.4 Å². The van der Waals surface area contributed by atoms with Crippen LogP contribution in [-0.2, 0) is 16.6 Å². The molecule has 1 aliphatic rings. The molecule has 0 fully saturated rings. The van der Waals surface area contributed by atoms with Gasteiger partial charge in [-0.2, -0.15) is 0 Å². The fourth-order valence-electron chi connectivity index (χ4n) is 2.71. The van der Waals surface area contributed by atoms with E-state index in [9.17, 15) is 18.5 Å². The van der Waals surface area contributed by atoms with Gasteiger partial charge in [-0.25, -0.2) is 8.42 Å². The van der Waals surface area contributed by atoms with E-state index in [4.69, 9.17) is 0 Å². The Bertz CT molecular complexity index is 882. The average molecular weight is 347 g/mol. The molecule has 0 aliphatic carbocycles. The van der Waals surface area contributed by atoms with Gasteiger partial charge in [-0.3, -0.25) is 14.4 Å². The molecule has 1 N–H and O–H groups in total. The molecule has 1 atom stereocenters. The number of fused-ring (bicyclic) bond motifs is 1. The summed E-state index contributed by atoms with van der Waals surface area (Å²) in [5, 5.41) is 14.2. The van der Waals surface area contributed by atoms with Gasteiger partial charge < -0.3 is 5.32 Å². The lowest BCUT2D eigenvalue weighted by Gasteiger charge is -2.25. The van der Waals surface area contributed by atoms with Crippen molar-refractivity contribution in [1.29, 1.82) is 0 Å². The molecule has 8 heteroatoms. The van der Waals surface area contributed by atoms with Crippen molar-refractivity contribution in [2.75, 3.05) is 10.8 Å². The summed E-state index contributed by atoms with van der Waals surface area (Å²) in [5.41, 5.74) is 1.22. The Kier molecular flexibility index (Phi) is 4.25. The van der Waals surface area contributed by atoms with Crippen LogP contribution in [0.5, 0.6) is 0 Å². The van der Waals surface area contributed by atoms with Gasteiger partial charge in [0.25, 0.3) is 15.7 Å². The minimum absolute atomic E-state index is 0.0501. The van der Waals surface area contributed by atoms with Gasteiger partial charge in [0.2, 0.25) is 0 Å². The number of nitro groups is 1. The molecule has 0 radical (unpaired) electrons. The maximum atomic E-state index is 13.1. The number of nitrogens with zero attached hydrogens (tertiary/aromatic N) is 2. The monoisotopic (exact) mass is 347 g/mol. The molecular formula is C16H17N3O4S. The Hall–Kier alpha value is -2.45. The Morgan fingerprint density at radius 3 is 2.71 bits per heavy atom. The summed E-state index contributed by atoms with van der Waals surface area (Å²) in [6.07, 6.45) is 0. The van der Waals surface area contributed by atoms with E-state index < -0.39 is 14.9 Å². The Labute approximate surface area is 140 Å². The van der Waals surface area contributed by atoms with Gasteiger partial charge in [0, 0.05) is 31.3 Å². The van der Waals surface area contributed by atoms with Crippen LogP contribution in [0, 0.1) is 10.1 Å². The molecule has 1 aliphatic heterocycles.